The number of aryl methyl sites for hydroxylation is 3. The van der Waals surface area contributed by atoms with Gasteiger partial charge in [0.1, 0.15) is 0 Å². The highest BCUT2D eigenvalue weighted by molar-refractivity contribution is 6.02. The Kier molecular flexibility index (Phi) is 4.96. The number of rotatable bonds is 5. The van der Waals surface area contributed by atoms with E-state index in [0.29, 0.717) is 22.5 Å². The zero-order valence-electron chi connectivity index (χ0n) is 15.5. The number of carbonyl (C=O) groups is 2. The van der Waals surface area contributed by atoms with E-state index in [1.807, 2.05) is 39.3 Å². The van der Waals surface area contributed by atoms with Crippen LogP contribution >= 0.6 is 0 Å². The third kappa shape index (κ3) is 3.00. The van der Waals surface area contributed by atoms with Gasteiger partial charge in [-0.1, -0.05) is 0 Å². The molecule has 1 unspecified atom stereocenters. The molecule has 0 saturated carbocycles. The molecule has 0 radical (unpaired) electrons. The quantitative estimate of drug-likeness (QED) is 0.826. The van der Waals surface area contributed by atoms with Gasteiger partial charge in [-0.25, -0.2) is 0 Å². The van der Waals surface area contributed by atoms with Crippen LogP contribution < -0.4 is 5.32 Å². The molecule has 2 rings (SSSR count). The highest BCUT2D eigenvalue weighted by atomic mass is 16.2. The molecular formula is C18H26N4O2. The van der Waals surface area contributed by atoms with Crippen LogP contribution in [0.2, 0.25) is 0 Å². The molecule has 6 nitrogen and oxygen atoms in total. The molecule has 2 aromatic heterocycles. The summed E-state index contributed by atoms with van der Waals surface area (Å²) in [7, 11) is 0. The van der Waals surface area contributed by atoms with Crippen molar-refractivity contribution >= 4 is 11.7 Å². The molecule has 2 heterocycles. The van der Waals surface area contributed by atoms with Crippen LogP contribution in [0.4, 0.5) is 0 Å². The highest BCUT2D eigenvalue weighted by Crippen LogP contribution is 2.23. The number of hydrogen-bond donors (Lipinski definition) is 2. The molecule has 0 fully saturated rings. The Balaban J connectivity index is 2.31. The summed E-state index contributed by atoms with van der Waals surface area (Å²) in [6.07, 6.45) is 0. The number of aromatic amines is 1. The molecule has 24 heavy (non-hydrogen) atoms. The van der Waals surface area contributed by atoms with Crippen molar-refractivity contribution in [3.05, 3.63) is 39.5 Å². The number of nitrogens with zero attached hydrogens (tertiary/aromatic N) is 2. The average Bonchev–Trinajstić information content (AvgIpc) is 2.94. The van der Waals surface area contributed by atoms with E-state index in [1.165, 1.54) is 6.92 Å². The number of ketones is 1. The standard InChI is InChI=1S/C18H26N4O2/c1-8-22-13(6)16(12(5)21-22)11(4)20-18(24)15-9(2)17(14(7)23)19-10(15)3/h11,19H,8H2,1-7H3,(H,20,24). The molecule has 2 N–H and O–H groups in total. The summed E-state index contributed by atoms with van der Waals surface area (Å²) in [5.41, 5.74) is 5.48. The second-order valence-electron chi connectivity index (χ2n) is 6.28. The Bertz CT molecular complexity index is 799. The van der Waals surface area contributed by atoms with Gasteiger partial charge in [-0.05, 0) is 47.1 Å². The van der Waals surface area contributed by atoms with Gasteiger partial charge in [0.15, 0.2) is 5.78 Å². The molecule has 0 aliphatic heterocycles. The monoisotopic (exact) mass is 330 g/mol. The molecule has 0 spiro atoms. The second kappa shape index (κ2) is 6.63. The maximum absolute atomic E-state index is 12.7. The van der Waals surface area contributed by atoms with E-state index >= 15 is 0 Å². The van der Waals surface area contributed by atoms with Crippen molar-refractivity contribution in [2.24, 2.45) is 0 Å². The molecule has 0 aromatic carbocycles. The largest absolute Gasteiger partial charge is 0.355 e. The molecule has 0 saturated heterocycles. The molecule has 0 aliphatic carbocycles. The number of hydrogen-bond acceptors (Lipinski definition) is 3. The molecule has 6 heteroatoms. The Morgan fingerprint density at radius 1 is 1.25 bits per heavy atom. The van der Waals surface area contributed by atoms with Crippen LogP contribution in [0, 0.1) is 27.7 Å². The third-order valence-electron chi connectivity index (χ3n) is 4.53. The molecule has 1 amide bonds. The van der Waals surface area contributed by atoms with Gasteiger partial charge >= 0.3 is 0 Å². The van der Waals surface area contributed by atoms with Crippen LogP contribution in [0.25, 0.3) is 0 Å². The highest BCUT2D eigenvalue weighted by Gasteiger charge is 2.24. The molecule has 130 valence electrons. The number of nitrogens with one attached hydrogen (secondary N) is 2. The zero-order valence-corrected chi connectivity index (χ0v) is 15.5. The van der Waals surface area contributed by atoms with Crippen LogP contribution in [-0.2, 0) is 6.54 Å². The van der Waals surface area contributed by atoms with E-state index in [-0.39, 0.29) is 17.7 Å². The van der Waals surface area contributed by atoms with Gasteiger partial charge in [-0.15, -0.1) is 0 Å². The van der Waals surface area contributed by atoms with Crippen LogP contribution in [0.15, 0.2) is 0 Å². The van der Waals surface area contributed by atoms with E-state index in [4.69, 9.17) is 0 Å². The van der Waals surface area contributed by atoms with Crippen LogP contribution in [0.5, 0.6) is 0 Å². The van der Waals surface area contributed by atoms with Gasteiger partial charge in [0.2, 0.25) is 0 Å². The van der Waals surface area contributed by atoms with Crippen molar-refractivity contribution in [1.82, 2.24) is 20.1 Å². The van der Waals surface area contributed by atoms with Crippen molar-refractivity contribution in [2.45, 2.75) is 61.1 Å². The lowest BCUT2D eigenvalue weighted by Gasteiger charge is -2.15. The first kappa shape index (κ1) is 18.0. The van der Waals surface area contributed by atoms with Gasteiger partial charge in [0, 0.05) is 30.4 Å². The lowest BCUT2D eigenvalue weighted by molar-refractivity contribution is 0.0938. The number of H-pyrrole nitrogens is 1. The zero-order chi connectivity index (χ0) is 18.2. The van der Waals surface area contributed by atoms with Crippen molar-refractivity contribution < 1.29 is 9.59 Å². The first-order chi connectivity index (χ1) is 11.2. The summed E-state index contributed by atoms with van der Waals surface area (Å²) >= 11 is 0. The molecule has 1 atom stereocenters. The maximum atomic E-state index is 12.7. The minimum Gasteiger partial charge on any atom is -0.355 e. The predicted molar refractivity (Wildman–Crippen MR) is 93.5 cm³/mol. The maximum Gasteiger partial charge on any atom is 0.253 e. The molecule has 0 bridgehead atoms. The normalized spacial score (nSPS) is 12.3. The van der Waals surface area contributed by atoms with Gasteiger partial charge in [-0.2, -0.15) is 5.10 Å². The van der Waals surface area contributed by atoms with Gasteiger partial charge < -0.3 is 10.3 Å². The Morgan fingerprint density at radius 2 is 1.88 bits per heavy atom. The third-order valence-corrected chi connectivity index (χ3v) is 4.53. The first-order valence-corrected chi connectivity index (χ1v) is 8.23. The lowest BCUT2D eigenvalue weighted by atomic mass is 10.0. The Hall–Kier alpha value is -2.37. The SMILES string of the molecule is CCn1nc(C)c(C(C)NC(=O)c2c(C)[nH]c(C(C)=O)c2C)c1C. The Labute approximate surface area is 142 Å². The first-order valence-electron chi connectivity index (χ1n) is 8.23. The molecule has 0 aliphatic rings. The Morgan fingerprint density at radius 3 is 2.33 bits per heavy atom. The summed E-state index contributed by atoms with van der Waals surface area (Å²) < 4.78 is 1.94. The number of aromatic nitrogens is 3. The summed E-state index contributed by atoms with van der Waals surface area (Å²) in [6.45, 7) is 13.9. The number of Topliss-reactive ketones (excluding diaryl/α,β-unsaturated/α-hetero) is 1. The van der Waals surface area contributed by atoms with Crippen molar-refractivity contribution in [1.29, 1.82) is 0 Å². The summed E-state index contributed by atoms with van der Waals surface area (Å²) in [6, 6.07) is -0.160. The van der Waals surface area contributed by atoms with E-state index < -0.39 is 0 Å². The number of carbonyl (C=O) groups excluding carboxylic acids is 2. The lowest BCUT2D eigenvalue weighted by Crippen LogP contribution is -2.28. The van der Waals surface area contributed by atoms with E-state index in [0.717, 1.165) is 23.5 Å². The summed E-state index contributed by atoms with van der Waals surface area (Å²) in [5, 5.41) is 7.55. The summed E-state index contributed by atoms with van der Waals surface area (Å²) in [5.74, 6) is -0.247. The van der Waals surface area contributed by atoms with Crippen LogP contribution in [0.3, 0.4) is 0 Å². The number of amides is 1. The fourth-order valence-electron chi connectivity index (χ4n) is 3.43. The predicted octanol–water partition coefficient (Wildman–Crippen LogP) is 3.16. The molecular weight excluding hydrogens is 304 g/mol. The van der Waals surface area contributed by atoms with Crippen molar-refractivity contribution in [3.8, 4) is 0 Å². The van der Waals surface area contributed by atoms with Gasteiger partial charge in [0.25, 0.3) is 5.91 Å². The fourth-order valence-corrected chi connectivity index (χ4v) is 3.43. The summed E-state index contributed by atoms with van der Waals surface area (Å²) in [4.78, 5) is 27.4. The topological polar surface area (TPSA) is 79.8 Å². The van der Waals surface area contributed by atoms with E-state index in [1.54, 1.807) is 6.92 Å². The van der Waals surface area contributed by atoms with Gasteiger partial charge in [0.05, 0.1) is 23.0 Å². The second-order valence-corrected chi connectivity index (χ2v) is 6.28. The van der Waals surface area contributed by atoms with Crippen LogP contribution in [0.1, 0.15) is 75.9 Å². The molecule has 2 aromatic rings. The van der Waals surface area contributed by atoms with Crippen LogP contribution in [-0.4, -0.2) is 26.5 Å². The van der Waals surface area contributed by atoms with E-state index in [2.05, 4.69) is 15.4 Å². The minimum absolute atomic E-state index is 0.0707. The van der Waals surface area contributed by atoms with Crippen molar-refractivity contribution in [2.75, 3.05) is 0 Å². The van der Waals surface area contributed by atoms with Crippen molar-refractivity contribution in [3.63, 3.8) is 0 Å². The van der Waals surface area contributed by atoms with Gasteiger partial charge in [-0.3, -0.25) is 14.3 Å². The average molecular weight is 330 g/mol. The van der Waals surface area contributed by atoms with E-state index in [9.17, 15) is 9.59 Å². The smallest absolute Gasteiger partial charge is 0.253 e. The minimum atomic E-state index is -0.177. The fraction of sp³-hybridized carbons (Fsp3) is 0.500.